The van der Waals surface area contributed by atoms with E-state index in [9.17, 15) is 4.79 Å². The van der Waals surface area contributed by atoms with Crippen molar-refractivity contribution in [3.05, 3.63) is 0 Å². The van der Waals surface area contributed by atoms with Gasteiger partial charge in [0.1, 0.15) is 0 Å². The van der Waals surface area contributed by atoms with Crippen LogP contribution in [0, 0.1) is 0 Å². The molecule has 1 saturated heterocycles. The Morgan fingerprint density at radius 3 is 3.00 bits per heavy atom. The lowest BCUT2D eigenvalue weighted by molar-refractivity contribution is -0.133. The summed E-state index contributed by atoms with van der Waals surface area (Å²) in [6.45, 7) is 1.92. The first kappa shape index (κ1) is 13.8. The van der Waals surface area contributed by atoms with Crippen LogP contribution in [-0.4, -0.2) is 55.2 Å². The first-order chi connectivity index (χ1) is 7.79. The van der Waals surface area contributed by atoms with Crippen LogP contribution in [0.3, 0.4) is 0 Å². The van der Waals surface area contributed by atoms with Gasteiger partial charge >= 0.3 is 0 Å². The lowest BCUT2D eigenvalue weighted by Crippen LogP contribution is -2.42. The lowest BCUT2D eigenvalue weighted by Gasteiger charge is -2.28. The molecule has 0 bridgehead atoms. The Morgan fingerprint density at radius 2 is 2.44 bits per heavy atom. The molecule has 0 aromatic heterocycles. The molecule has 0 aliphatic carbocycles. The topological polar surface area (TPSA) is 55.6 Å². The number of ether oxygens (including phenoxy) is 1. The van der Waals surface area contributed by atoms with E-state index in [0.29, 0.717) is 32.2 Å². The molecule has 1 aliphatic heterocycles. The third-order valence-corrected chi connectivity index (χ3v) is 3.94. The molecule has 0 saturated carbocycles. The average molecular weight is 246 g/mol. The zero-order chi connectivity index (χ0) is 11.8. The Balaban J connectivity index is 2.44. The van der Waals surface area contributed by atoms with Crippen LogP contribution in [0.2, 0.25) is 0 Å². The van der Waals surface area contributed by atoms with Gasteiger partial charge in [0.15, 0.2) is 0 Å². The van der Waals surface area contributed by atoms with Gasteiger partial charge in [0.05, 0.1) is 6.61 Å². The zero-order valence-corrected chi connectivity index (χ0v) is 10.8. The third kappa shape index (κ3) is 4.31. The van der Waals surface area contributed by atoms with Gasteiger partial charge in [-0.05, 0) is 25.1 Å². The van der Waals surface area contributed by atoms with Gasteiger partial charge in [-0.3, -0.25) is 4.79 Å². The standard InChI is InChI=1S/C11H22N2O2S/c1-15-7-6-13(10-4-8-16-9-10)11(14)3-2-5-12/h10H,2-9,12H2,1H3. The molecule has 1 aliphatic rings. The van der Waals surface area contributed by atoms with Crippen LogP contribution >= 0.6 is 11.8 Å². The summed E-state index contributed by atoms with van der Waals surface area (Å²) in [7, 11) is 1.67. The maximum absolute atomic E-state index is 12.0. The number of amides is 1. The van der Waals surface area contributed by atoms with E-state index in [2.05, 4.69) is 0 Å². The van der Waals surface area contributed by atoms with Crippen molar-refractivity contribution in [2.45, 2.75) is 25.3 Å². The number of carbonyl (C=O) groups excluding carboxylic acids is 1. The number of carbonyl (C=O) groups is 1. The summed E-state index contributed by atoms with van der Waals surface area (Å²) in [5.74, 6) is 2.46. The maximum Gasteiger partial charge on any atom is 0.222 e. The van der Waals surface area contributed by atoms with Gasteiger partial charge in [0.2, 0.25) is 5.91 Å². The monoisotopic (exact) mass is 246 g/mol. The molecule has 5 heteroatoms. The number of hydrogen-bond acceptors (Lipinski definition) is 4. The number of nitrogens with two attached hydrogens (primary N) is 1. The summed E-state index contributed by atoms with van der Waals surface area (Å²) < 4.78 is 5.06. The minimum Gasteiger partial charge on any atom is -0.383 e. The van der Waals surface area contributed by atoms with E-state index in [4.69, 9.17) is 10.5 Å². The SMILES string of the molecule is COCCN(C(=O)CCCN)C1CCSC1. The summed E-state index contributed by atoms with van der Waals surface area (Å²) in [5.41, 5.74) is 5.43. The van der Waals surface area contributed by atoms with Crippen molar-refractivity contribution >= 4 is 17.7 Å². The normalized spacial score (nSPS) is 20.0. The van der Waals surface area contributed by atoms with Crippen molar-refractivity contribution in [3.8, 4) is 0 Å². The van der Waals surface area contributed by atoms with Crippen LogP contribution in [0.1, 0.15) is 19.3 Å². The number of thioether (sulfide) groups is 1. The minimum absolute atomic E-state index is 0.231. The molecule has 0 aromatic rings. The van der Waals surface area contributed by atoms with Crippen molar-refractivity contribution in [2.24, 2.45) is 5.73 Å². The fourth-order valence-corrected chi connectivity index (χ4v) is 3.09. The molecule has 1 unspecified atom stereocenters. The van der Waals surface area contributed by atoms with Crippen molar-refractivity contribution < 1.29 is 9.53 Å². The van der Waals surface area contributed by atoms with E-state index in [1.165, 1.54) is 0 Å². The van der Waals surface area contributed by atoms with E-state index in [-0.39, 0.29) is 5.91 Å². The van der Waals surface area contributed by atoms with E-state index >= 15 is 0 Å². The molecule has 1 rings (SSSR count). The quantitative estimate of drug-likeness (QED) is 0.718. The summed E-state index contributed by atoms with van der Waals surface area (Å²) >= 11 is 1.93. The second-order valence-electron chi connectivity index (χ2n) is 3.99. The second-order valence-corrected chi connectivity index (χ2v) is 5.14. The molecule has 1 amide bonds. The maximum atomic E-state index is 12.0. The highest BCUT2D eigenvalue weighted by Crippen LogP contribution is 2.22. The highest BCUT2D eigenvalue weighted by molar-refractivity contribution is 7.99. The Hall–Kier alpha value is -0.260. The number of methoxy groups -OCH3 is 1. The van der Waals surface area contributed by atoms with Gasteiger partial charge in [0.25, 0.3) is 0 Å². The molecule has 94 valence electrons. The van der Waals surface area contributed by atoms with Crippen LogP contribution in [0.15, 0.2) is 0 Å². The summed E-state index contributed by atoms with van der Waals surface area (Å²) in [5, 5.41) is 0. The van der Waals surface area contributed by atoms with Crippen molar-refractivity contribution in [2.75, 3.05) is 38.3 Å². The van der Waals surface area contributed by atoms with Crippen LogP contribution in [0.25, 0.3) is 0 Å². The molecule has 1 atom stereocenters. The van der Waals surface area contributed by atoms with E-state index in [1.54, 1.807) is 7.11 Å². The van der Waals surface area contributed by atoms with Gasteiger partial charge in [0, 0.05) is 31.9 Å². The molecular formula is C11H22N2O2S. The summed E-state index contributed by atoms with van der Waals surface area (Å²) in [4.78, 5) is 14.0. The Labute approximate surface area is 102 Å². The highest BCUT2D eigenvalue weighted by atomic mass is 32.2. The van der Waals surface area contributed by atoms with E-state index < -0.39 is 0 Å². The van der Waals surface area contributed by atoms with Gasteiger partial charge in [-0.15, -0.1) is 0 Å². The summed E-state index contributed by atoms with van der Waals surface area (Å²) in [6.07, 6.45) is 2.46. The molecule has 4 nitrogen and oxygen atoms in total. The minimum atomic E-state index is 0.231. The fraction of sp³-hybridized carbons (Fsp3) is 0.909. The smallest absolute Gasteiger partial charge is 0.222 e. The Morgan fingerprint density at radius 1 is 1.62 bits per heavy atom. The summed E-state index contributed by atoms with van der Waals surface area (Å²) in [6, 6.07) is 0.408. The van der Waals surface area contributed by atoms with Crippen LogP contribution in [0.4, 0.5) is 0 Å². The van der Waals surface area contributed by atoms with E-state index in [0.717, 1.165) is 24.3 Å². The first-order valence-corrected chi connectivity index (χ1v) is 7.01. The van der Waals surface area contributed by atoms with Crippen LogP contribution in [0.5, 0.6) is 0 Å². The molecule has 1 fully saturated rings. The molecule has 16 heavy (non-hydrogen) atoms. The van der Waals surface area contributed by atoms with Gasteiger partial charge < -0.3 is 15.4 Å². The molecular weight excluding hydrogens is 224 g/mol. The number of rotatable bonds is 7. The predicted molar refractivity (Wildman–Crippen MR) is 67.6 cm³/mol. The molecule has 2 N–H and O–H groups in total. The lowest BCUT2D eigenvalue weighted by atomic mass is 10.2. The predicted octanol–water partition coefficient (Wildman–Crippen LogP) is 0.706. The van der Waals surface area contributed by atoms with Crippen LogP contribution < -0.4 is 5.73 Å². The zero-order valence-electron chi connectivity index (χ0n) is 9.98. The molecule has 0 aromatic carbocycles. The average Bonchev–Trinajstić information content (AvgIpc) is 2.80. The van der Waals surface area contributed by atoms with Crippen LogP contribution in [-0.2, 0) is 9.53 Å². The molecule has 0 spiro atoms. The van der Waals surface area contributed by atoms with Gasteiger partial charge in [-0.1, -0.05) is 0 Å². The van der Waals surface area contributed by atoms with Gasteiger partial charge in [-0.25, -0.2) is 0 Å². The Kier molecular flexibility index (Phi) is 6.84. The highest BCUT2D eigenvalue weighted by Gasteiger charge is 2.26. The number of hydrogen-bond donors (Lipinski definition) is 1. The number of nitrogens with zero attached hydrogens (tertiary/aromatic N) is 1. The second kappa shape index (κ2) is 7.92. The van der Waals surface area contributed by atoms with Crippen molar-refractivity contribution in [1.82, 2.24) is 4.90 Å². The van der Waals surface area contributed by atoms with Crippen molar-refractivity contribution in [3.63, 3.8) is 0 Å². The molecule has 0 radical (unpaired) electrons. The van der Waals surface area contributed by atoms with Gasteiger partial charge in [-0.2, -0.15) is 11.8 Å². The van der Waals surface area contributed by atoms with E-state index in [1.807, 2.05) is 16.7 Å². The van der Waals surface area contributed by atoms with Crippen molar-refractivity contribution in [1.29, 1.82) is 0 Å². The third-order valence-electron chi connectivity index (χ3n) is 2.80. The first-order valence-electron chi connectivity index (χ1n) is 5.85. The largest absolute Gasteiger partial charge is 0.383 e. The molecule has 1 heterocycles. The Bertz CT molecular complexity index is 208. The fourth-order valence-electron chi connectivity index (χ4n) is 1.87.